The van der Waals surface area contributed by atoms with Gasteiger partial charge in [-0.25, -0.2) is 4.98 Å². The first-order valence-corrected chi connectivity index (χ1v) is 8.09. The molecule has 0 saturated heterocycles. The first-order chi connectivity index (χ1) is 10.6. The van der Waals surface area contributed by atoms with Crippen LogP contribution in [0.1, 0.15) is 13.8 Å². The van der Waals surface area contributed by atoms with Crippen LogP contribution in [-0.2, 0) is 0 Å². The number of hydrogen-bond donors (Lipinski definition) is 1. The van der Waals surface area contributed by atoms with Crippen LogP contribution in [0, 0.1) is 0 Å². The Hall–Kier alpha value is -2.33. The van der Waals surface area contributed by atoms with Gasteiger partial charge in [-0.05, 0) is 32.0 Å². The number of hydrogen-bond acceptors (Lipinski definition) is 4. The molecule has 3 aromatic rings. The Morgan fingerprint density at radius 2 is 1.82 bits per heavy atom. The fourth-order valence-electron chi connectivity index (χ4n) is 2.19. The average Bonchev–Trinajstić information content (AvgIpc) is 3.00. The molecule has 3 nitrogen and oxygen atoms in total. The van der Waals surface area contributed by atoms with Crippen LogP contribution in [0.5, 0.6) is 5.75 Å². The minimum atomic E-state index is 0.109. The van der Waals surface area contributed by atoms with Gasteiger partial charge < -0.3 is 10.5 Å². The van der Waals surface area contributed by atoms with E-state index in [0.29, 0.717) is 5.69 Å². The standard InChI is InChI=1S/C18H18N2OS/c1-12(2)21-17-9-8-14(10-15(17)19)18-20-16(11-22-18)13-6-4-3-5-7-13/h3-12H,19H2,1-2H3. The number of aromatic nitrogens is 1. The molecular weight excluding hydrogens is 292 g/mol. The lowest BCUT2D eigenvalue weighted by atomic mass is 10.1. The Bertz CT molecular complexity index is 766. The van der Waals surface area contributed by atoms with E-state index in [1.165, 1.54) is 0 Å². The molecule has 0 fully saturated rings. The third kappa shape index (κ3) is 3.12. The van der Waals surface area contributed by atoms with Crippen LogP contribution in [0.25, 0.3) is 21.8 Å². The molecule has 112 valence electrons. The second-order valence-electron chi connectivity index (χ2n) is 5.32. The summed E-state index contributed by atoms with van der Waals surface area (Å²) in [6, 6.07) is 16.0. The van der Waals surface area contributed by atoms with Crippen molar-refractivity contribution in [3.05, 3.63) is 53.9 Å². The number of anilines is 1. The second kappa shape index (κ2) is 6.20. The van der Waals surface area contributed by atoms with Gasteiger partial charge in [0.1, 0.15) is 10.8 Å². The van der Waals surface area contributed by atoms with E-state index >= 15 is 0 Å². The summed E-state index contributed by atoms with van der Waals surface area (Å²) in [6.07, 6.45) is 0.109. The van der Waals surface area contributed by atoms with Crippen molar-refractivity contribution in [3.8, 4) is 27.6 Å². The monoisotopic (exact) mass is 310 g/mol. The van der Waals surface area contributed by atoms with Crippen molar-refractivity contribution in [2.45, 2.75) is 20.0 Å². The molecule has 0 aliphatic carbocycles. The molecule has 0 aliphatic heterocycles. The smallest absolute Gasteiger partial charge is 0.142 e. The molecule has 22 heavy (non-hydrogen) atoms. The first kappa shape index (κ1) is 14.6. The fraction of sp³-hybridized carbons (Fsp3) is 0.167. The number of nitrogens with zero attached hydrogens (tertiary/aromatic N) is 1. The molecular formula is C18H18N2OS. The zero-order valence-corrected chi connectivity index (χ0v) is 13.4. The number of thiazole rings is 1. The van der Waals surface area contributed by atoms with E-state index in [0.717, 1.165) is 27.6 Å². The van der Waals surface area contributed by atoms with E-state index in [4.69, 9.17) is 15.5 Å². The van der Waals surface area contributed by atoms with Crippen molar-refractivity contribution in [2.24, 2.45) is 0 Å². The number of nitrogen functional groups attached to an aromatic ring is 1. The van der Waals surface area contributed by atoms with Gasteiger partial charge in [0.15, 0.2) is 0 Å². The van der Waals surface area contributed by atoms with Crippen LogP contribution in [0.2, 0.25) is 0 Å². The summed E-state index contributed by atoms with van der Waals surface area (Å²) in [5.41, 5.74) is 9.84. The molecule has 3 rings (SSSR count). The van der Waals surface area contributed by atoms with Crippen molar-refractivity contribution in [1.29, 1.82) is 0 Å². The molecule has 2 N–H and O–H groups in total. The molecule has 0 unspecified atom stereocenters. The first-order valence-electron chi connectivity index (χ1n) is 7.21. The average molecular weight is 310 g/mol. The van der Waals surface area contributed by atoms with Gasteiger partial charge >= 0.3 is 0 Å². The Morgan fingerprint density at radius 1 is 1.05 bits per heavy atom. The molecule has 1 aromatic heterocycles. The predicted molar refractivity (Wildman–Crippen MR) is 93.2 cm³/mol. The summed E-state index contributed by atoms with van der Waals surface area (Å²) >= 11 is 1.62. The van der Waals surface area contributed by atoms with Crippen LogP contribution in [-0.4, -0.2) is 11.1 Å². The molecule has 0 saturated carbocycles. The number of rotatable bonds is 4. The molecule has 2 aromatic carbocycles. The molecule has 0 radical (unpaired) electrons. The highest BCUT2D eigenvalue weighted by Gasteiger charge is 2.09. The van der Waals surface area contributed by atoms with Crippen LogP contribution >= 0.6 is 11.3 Å². The highest BCUT2D eigenvalue weighted by molar-refractivity contribution is 7.13. The maximum absolute atomic E-state index is 6.08. The van der Waals surface area contributed by atoms with Gasteiger partial charge in [0.05, 0.1) is 17.5 Å². The quantitative estimate of drug-likeness (QED) is 0.701. The lowest BCUT2D eigenvalue weighted by Gasteiger charge is -2.12. The van der Waals surface area contributed by atoms with E-state index in [1.807, 2.05) is 50.2 Å². The lowest BCUT2D eigenvalue weighted by Crippen LogP contribution is -2.07. The third-order valence-electron chi connectivity index (χ3n) is 3.19. The SMILES string of the molecule is CC(C)Oc1ccc(-c2nc(-c3ccccc3)cs2)cc1N. The Balaban J connectivity index is 1.89. The van der Waals surface area contributed by atoms with Crippen molar-refractivity contribution >= 4 is 17.0 Å². The minimum absolute atomic E-state index is 0.109. The van der Waals surface area contributed by atoms with Crippen LogP contribution in [0.15, 0.2) is 53.9 Å². The number of benzene rings is 2. The van der Waals surface area contributed by atoms with E-state index in [9.17, 15) is 0 Å². The van der Waals surface area contributed by atoms with Gasteiger partial charge in [-0.2, -0.15) is 0 Å². The zero-order chi connectivity index (χ0) is 15.5. The topological polar surface area (TPSA) is 48.1 Å². The highest BCUT2D eigenvalue weighted by Crippen LogP contribution is 2.33. The van der Waals surface area contributed by atoms with E-state index in [1.54, 1.807) is 11.3 Å². The summed E-state index contributed by atoms with van der Waals surface area (Å²) < 4.78 is 5.67. The van der Waals surface area contributed by atoms with Crippen molar-refractivity contribution < 1.29 is 4.74 Å². The van der Waals surface area contributed by atoms with Gasteiger partial charge in [0.25, 0.3) is 0 Å². The summed E-state index contributed by atoms with van der Waals surface area (Å²) in [6.45, 7) is 3.97. The number of ether oxygens (including phenoxy) is 1. The Labute approximate surface area is 134 Å². The lowest BCUT2D eigenvalue weighted by molar-refractivity contribution is 0.244. The zero-order valence-electron chi connectivity index (χ0n) is 12.6. The van der Waals surface area contributed by atoms with E-state index in [2.05, 4.69) is 17.5 Å². The van der Waals surface area contributed by atoms with Crippen LogP contribution in [0.3, 0.4) is 0 Å². The molecule has 0 atom stereocenters. The third-order valence-corrected chi connectivity index (χ3v) is 4.08. The minimum Gasteiger partial charge on any atom is -0.489 e. The summed E-state index contributed by atoms with van der Waals surface area (Å²) in [5, 5.41) is 3.03. The van der Waals surface area contributed by atoms with Crippen molar-refractivity contribution in [1.82, 2.24) is 4.98 Å². The maximum atomic E-state index is 6.08. The van der Waals surface area contributed by atoms with Gasteiger partial charge in [-0.3, -0.25) is 0 Å². The highest BCUT2D eigenvalue weighted by atomic mass is 32.1. The summed E-state index contributed by atoms with van der Waals surface area (Å²) in [7, 11) is 0. The second-order valence-corrected chi connectivity index (χ2v) is 6.18. The van der Waals surface area contributed by atoms with Gasteiger partial charge in [0.2, 0.25) is 0 Å². The largest absolute Gasteiger partial charge is 0.489 e. The number of nitrogens with two attached hydrogens (primary N) is 1. The van der Waals surface area contributed by atoms with Gasteiger partial charge in [-0.15, -0.1) is 11.3 Å². The molecule has 0 bridgehead atoms. The van der Waals surface area contributed by atoms with Crippen molar-refractivity contribution in [3.63, 3.8) is 0 Å². The van der Waals surface area contributed by atoms with Crippen LogP contribution in [0.4, 0.5) is 5.69 Å². The molecule has 4 heteroatoms. The van der Waals surface area contributed by atoms with E-state index < -0.39 is 0 Å². The van der Waals surface area contributed by atoms with Crippen LogP contribution < -0.4 is 10.5 Å². The predicted octanol–water partition coefficient (Wildman–Crippen LogP) is 4.85. The van der Waals surface area contributed by atoms with E-state index in [-0.39, 0.29) is 6.10 Å². The Kier molecular flexibility index (Phi) is 4.11. The molecule has 1 heterocycles. The van der Waals surface area contributed by atoms with Crippen molar-refractivity contribution in [2.75, 3.05) is 5.73 Å². The van der Waals surface area contributed by atoms with Gasteiger partial charge in [0, 0.05) is 16.5 Å². The van der Waals surface area contributed by atoms with Gasteiger partial charge in [-0.1, -0.05) is 30.3 Å². The molecule has 0 amide bonds. The molecule has 0 aliphatic rings. The summed E-state index contributed by atoms with van der Waals surface area (Å²) in [4.78, 5) is 4.70. The molecule has 0 spiro atoms. The normalized spacial score (nSPS) is 10.9. The summed E-state index contributed by atoms with van der Waals surface area (Å²) in [5.74, 6) is 0.721. The maximum Gasteiger partial charge on any atom is 0.142 e. The Morgan fingerprint density at radius 3 is 2.50 bits per heavy atom. The fourth-order valence-corrected chi connectivity index (χ4v) is 3.02.